The van der Waals surface area contributed by atoms with Crippen molar-refractivity contribution < 1.29 is 27.9 Å². The first kappa shape index (κ1) is 21.1. The van der Waals surface area contributed by atoms with Crippen LogP contribution in [-0.2, 0) is 4.79 Å². The molecule has 5 N–H and O–H groups in total. The van der Waals surface area contributed by atoms with E-state index in [1.807, 2.05) is 0 Å². The average Bonchev–Trinajstić information content (AvgIpc) is 3.50. The van der Waals surface area contributed by atoms with Crippen LogP contribution >= 0.6 is 0 Å². The van der Waals surface area contributed by atoms with Gasteiger partial charge in [0, 0.05) is 13.1 Å². The summed E-state index contributed by atoms with van der Waals surface area (Å²) >= 11 is 0. The van der Waals surface area contributed by atoms with Gasteiger partial charge in [-0.25, -0.2) is 18.6 Å². The lowest BCUT2D eigenvalue weighted by Gasteiger charge is -2.40. The first-order valence-corrected chi connectivity index (χ1v) is 10.0. The van der Waals surface area contributed by atoms with Crippen LogP contribution in [0.15, 0.2) is 12.1 Å². The highest BCUT2D eigenvalue weighted by Crippen LogP contribution is 2.38. The van der Waals surface area contributed by atoms with E-state index in [1.54, 1.807) is 0 Å². The summed E-state index contributed by atoms with van der Waals surface area (Å²) < 4.78 is 32.4. The van der Waals surface area contributed by atoms with Gasteiger partial charge in [-0.1, -0.05) is 0 Å². The molecule has 3 aliphatic rings. The number of anilines is 1. The summed E-state index contributed by atoms with van der Waals surface area (Å²) in [4.78, 5) is 41.5. The number of amides is 4. The van der Waals surface area contributed by atoms with Crippen molar-refractivity contribution in [1.82, 2.24) is 20.9 Å². The number of hydrogen-bond donors (Lipinski definition) is 4. The fraction of sp³-hybridized carbons (Fsp3) is 0.579. The predicted molar refractivity (Wildman–Crippen MR) is 105 cm³/mol. The number of alkyl halides is 2. The van der Waals surface area contributed by atoms with Crippen molar-refractivity contribution in [2.75, 3.05) is 37.7 Å². The van der Waals surface area contributed by atoms with Gasteiger partial charge < -0.3 is 31.3 Å². The Kier molecular flexibility index (Phi) is 5.31. The van der Waals surface area contributed by atoms with Crippen LogP contribution in [-0.4, -0.2) is 67.1 Å². The van der Waals surface area contributed by atoms with Crippen LogP contribution < -0.4 is 31.3 Å². The van der Waals surface area contributed by atoms with E-state index in [0.717, 1.165) is 12.8 Å². The van der Waals surface area contributed by atoms with E-state index < -0.39 is 42.4 Å². The Balaban J connectivity index is 1.53. The van der Waals surface area contributed by atoms with Crippen molar-refractivity contribution in [3.63, 3.8) is 0 Å². The minimum atomic E-state index is -2.76. The zero-order chi connectivity index (χ0) is 22.2. The van der Waals surface area contributed by atoms with Crippen LogP contribution in [0.25, 0.3) is 0 Å². The number of primary amides is 1. The van der Waals surface area contributed by atoms with Gasteiger partial charge in [-0.3, -0.25) is 9.59 Å². The Hall–Kier alpha value is -3.18. The monoisotopic (exact) mass is 438 g/mol. The van der Waals surface area contributed by atoms with Gasteiger partial charge in [-0.05, 0) is 30.9 Å². The lowest BCUT2D eigenvalue weighted by Crippen LogP contribution is -2.67. The van der Waals surface area contributed by atoms with Crippen molar-refractivity contribution >= 4 is 23.5 Å². The minimum absolute atomic E-state index is 0.00239. The third-order valence-corrected chi connectivity index (χ3v) is 5.48. The summed E-state index contributed by atoms with van der Waals surface area (Å²) in [5.74, 6) is -3.48. The standard InChI is InChI=1S/C19H24F2N6O4/c20-19(21)9-27(10-19)13-4-3-12(25-16(13)31-6-11-1-2-11)15(29)26-18(5-14(22)28)7-23-17(30)24-8-18/h3-4,11H,1-2,5-10H2,(H2,22,28)(H,26,29)(H2,23,24,30). The van der Waals surface area contributed by atoms with Crippen LogP contribution in [0.4, 0.5) is 19.3 Å². The quantitative estimate of drug-likeness (QED) is 0.450. The number of carbonyl (C=O) groups is 3. The van der Waals surface area contributed by atoms with Crippen molar-refractivity contribution in [3.05, 3.63) is 17.8 Å². The fourth-order valence-corrected chi connectivity index (χ4v) is 3.59. The molecule has 31 heavy (non-hydrogen) atoms. The van der Waals surface area contributed by atoms with E-state index in [4.69, 9.17) is 10.5 Å². The second kappa shape index (κ2) is 7.82. The predicted octanol–water partition coefficient (Wildman–Crippen LogP) is -0.0175. The first-order chi connectivity index (χ1) is 14.6. The molecule has 0 spiro atoms. The molecule has 1 saturated carbocycles. The Morgan fingerprint density at radius 1 is 1.26 bits per heavy atom. The molecule has 168 valence electrons. The molecule has 0 bridgehead atoms. The second-order valence-electron chi connectivity index (χ2n) is 8.40. The number of ether oxygens (including phenoxy) is 1. The zero-order valence-electron chi connectivity index (χ0n) is 16.7. The Morgan fingerprint density at radius 3 is 2.52 bits per heavy atom. The lowest BCUT2D eigenvalue weighted by atomic mass is 9.92. The van der Waals surface area contributed by atoms with Crippen LogP contribution in [0.5, 0.6) is 5.88 Å². The Bertz CT molecular complexity index is 889. The molecule has 0 radical (unpaired) electrons. The number of halogens is 2. The van der Waals surface area contributed by atoms with E-state index in [2.05, 4.69) is 20.9 Å². The maximum atomic E-state index is 13.3. The second-order valence-corrected chi connectivity index (χ2v) is 8.40. The highest BCUT2D eigenvalue weighted by atomic mass is 19.3. The average molecular weight is 438 g/mol. The Labute approximate surface area is 176 Å². The third-order valence-electron chi connectivity index (χ3n) is 5.48. The van der Waals surface area contributed by atoms with Gasteiger partial charge in [0.2, 0.25) is 11.8 Å². The first-order valence-electron chi connectivity index (χ1n) is 10.0. The van der Waals surface area contributed by atoms with Gasteiger partial charge in [-0.2, -0.15) is 0 Å². The molecule has 2 aliphatic heterocycles. The van der Waals surface area contributed by atoms with Crippen molar-refractivity contribution in [3.8, 4) is 5.88 Å². The molecule has 4 rings (SSSR count). The number of urea groups is 1. The Morgan fingerprint density at radius 2 is 1.94 bits per heavy atom. The molecular weight excluding hydrogens is 414 g/mol. The third kappa shape index (κ3) is 4.94. The molecule has 1 aliphatic carbocycles. The number of aromatic nitrogens is 1. The number of hydrogen-bond acceptors (Lipinski definition) is 6. The number of carbonyl (C=O) groups excluding carboxylic acids is 3. The molecule has 1 aromatic heterocycles. The maximum Gasteiger partial charge on any atom is 0.314 e. The van der Waals surface area contributed by atoms with Gasteiger partial charge in [-0.15, -0.1) is 0 Å². The van der Waals surface area contributed by atoms with Gasteiger partial charge in [0.1, 0.15) is 11.4 Å². The molecule has 3 heterocycles. The fourth-order valence-electron chi connectivity index (χ4n) is 3.59. The summed E-state index contributed by atoms with van der Waals surface area (Å²) in [5.41, 5.74) is 4.61. The van der Waals surface area contributed by atoms with E-state index in [0.29, 0.717) is 18.2 Å². The molecular formula is C19H24F2N6O4. The van der Waals surface area contributed by atoms with Gasteiger partial charge in [0.15, 0.2) is 0 Å². The SMILES string of the molecule is NC(=O)CC1(NC(=O)c2ccc(N3CC(F)(F)C3)c(OCC3CC3)n2)CNC(=O)NC1. The van der Waals surface area contributed by atoms with Gasteiger partial charge >= 0.3 is 6.03 Å². The van der Waals surface area contributed by atoms with Gasteiger partial charge in [0.05, 0.1) is 31.7 Å². The van der Waals surface area contributed by atoms with E-state index in [-0.39, 0.29) is 31.1 Å². The molecule has 4 amide bonds. The number of nitrogens with two attached hydrogens (primary N) is 1. The van der Waals surface area contributed by atoms with Gasteiger partial charge in [0.25, 0.3) is 11.8 Å². The smallest absolute Gasteiger partial charge is 0.314 e. The molecule has 10 nitrogen and oxygen atoms in total. The minimum Gasteiger partial charge on any atom is -0.476 e. The topological polar surface area (TPSA) is 139 Å². The number of nitrogens with zero attached hydrogens (tertiary/aromatic N) is 2. The molecule has 0 atom stereocenters. The summed E-state index contributed by atoms with van der Waals surface area (Å²) in [6, 6.07) is 2.53. The van der Waals surface area contributed by atoms with Crippen LogP contribution in [0.1, 0.15) is 29.8 Å². The van der Waals surface area contributed by atoms with E-state index in [1.165, 1.54) is 17.0 Å². The normalized spacial score (nSPS) is 21.4. The summed E-state index contributed by atoms with van der Waals surface area (Å²) in [7, 11) is 0. The number of nitrogens with one attached hydrogen (secondary N) is 3. The van der Waals surface area contributed by atoms with E-state index >= 15 is 0 Å². The largest absolute Gasteiger partial charge is 0.476 e. The maximum absolute atomic E-state index is 13.3. The molecule has 2 saturated heterocycles. The molecule has 0 unspecified atom stereocenters. The highest BCUT2D eigenvalue weighted by Gasteiger charge is 2.45. The van der Waals surface area contributed by atoms with Crippen LogP contribution in [0, 0.1) is 5.92 Å². The summed E-state index contributed by atoms with van der Waals surface area (Å²) in [6.45, 7) is -0.448. The van der Waals surface area contributed by atoms with Crippen molar-refractivity contribution in [2.45, 2.75) is 30.7 Å². The van der Waals surface area contributed by atoms with E-state index in [9.17, 15) is 23.2 Å². The molecule has 12 heteroatoms. The van der Waals surface area contributed by atoms with Crippen LogP contribution in [0.2, 0.25) is 0 Å². The molecule has 0 aromatic carbocycles. The lowest BCUT2D eigenvalue weighted by molar-refractivity contribution is -0.119. The molecule has 3 fully saturated rings. The zero-order valence-corrected chi connectivity index (χ0v) is 16.7. The van der Waals surface area contributed by atoms with Crippen molar-refractivity contribution in [2.24, 2.45) is 11.7 Å². The molecule has 1 aromatic rings. The summed E-state index contributed by atoms with van der Waals surface area (Å²) in [6.07, 6.45) is 1.87. The summed E-state index contributed by atoms with van der Waals surface area (Å²) in [5, 5.41) is 7.80. The van der Waals surface area contributed by atoms with Crippen molar-refractivity contribution in [1.29, 1.82) is 0 Å². The van der Waals surface area contributed by atoms with Crippen LogP contribution in [0.3, 0.4) is 0 Å². The highest BCUT2D eigenvalue weighted by molar-refractivity contribution is 5.94. The number of rotatable bonds is 8. The number of pyridine rings is 1.